The molecule has 0 radical (unpaired) electrons. The maximum atomic E-state index is 13.3. The second kappa shape index (κ2) is 6.67. The van der Waals surface area contributed by atoms with E-state index in [-0.39, 0.29) is 10.2 Å². The van der Waals surface area contributed by atoms with E-state index in [9.17, 15) is 18.0 Å². The summed E-state index contributed by atoms with van der Waals surface area (Å²) in [4.78, 5) is 15.8. The first-order chi connectivity index (χ1) is 12.4. The largest absolute Gasteiger partial charge is 0.443 e. The number of pyridine rings is 1. The molecule has 142 valence electrons. The Labute approximate surface area is 162 Å². The fraction of sp³-hybridized carbons (Fsp3) is 0.263. The predicted molar refractivity (Wildman–Crippen MR) is 99.5 cm³/mol. The number of alkyl halides is 3. The van der Waals surface area contributed by atoms with E-state index >= 15 is 0 Å². The van der Waals surface area contributed by atoms with E-state index < -0.39 is 23.6 Å². The number of carbonyl (C=O) groups excluding carboxylic acids is 1. The van der Waals surface area contributed by atoms with Gasteiger partial charge in [-0.05, 0) is 60.5 Å². The van der Waals surface area contributed by atoms with Gasteiger partial charge >= 0.3 is 12.3 Å². The standard InChI is InChI=1S/C19H16BrF3N2O2/c1-18(2,3)27-17(26)25-9-12-5-4-11(8-13(12)10-25)14-6-7-15(20)24-16(14)19(21,22)23/h4-10H,1-3H3. The molecule has 0 N–H and O–H groups in total. The molecule has 1 aromatic carbocycles. The van der Waals surface area contributed by atoms with Crippen molar-refractivity contribution in [2.45, 2.75) is 32.5 Å². The van der Waals surface area contributed by atoms with Crippen LogP contribution in [0.25, 0.3) is 21.9 Å². The fourth-order valence-corrected chi connectivity index (χ4v) is 2.92. The summed E-state index contributed by atoms with van der Waals surface area (Å²) in [6.45, 7) is 5.27. The Kier molecular flexibility index (Phi) is 4.80. The van der Waals surface area contributed by atoms with E-state index in [1.54, 1.807) is 45.2 Å². The highest BCUT2D eigenvalue weighted by Crippen LogP contribution is 2.37. The van der Waals surface area contributed by atoms with E-state index in [0.29, 0.717) is 16.3 Å². The van der Waals surface area contributed by atoms with Crippen LogP contribution in [0.5, 0.6) is 0 Å². The summed E-state index contributed by atoms with van der Waals surface area (Å²) in [6, 6.07) is 7.65. The quantitative estimate of drug-likeness (QED) is 0.419. The number of benzene rings is 1. The third kappa shape index (κ3) is 4.32. The van der Waals surface area contributed by atoms with Gasteiger partial charge in [-0.1, -0.05) is 12.1 Å². The van der Waals surface area contributed by atoms with E-state index in [4.69, 9.17) is 4.74 Å². The third-order valence-corrected chi connectivity index (χ3v) is 4.13. The van der Waals surface area contributed by atoms with Crippen molar-refractivity contribution in [1.82, 2.24) is 9.55 Å². The zero-order valence-corrected chi connectivity index (χ0v) is 16.4. The van der Waals surface area contributed by atoms with Crippen molar-refractivity contribution in [3.63, 3.8) is 0 Å². The molecule has 0 bridgehead atoms. The van der Waals surface area contributed by atoms with E-state index in [1.807, 2.05) is 0 Å². The highest BCUT2D eigenvalue weighted by molar-refractivity contribution is 9.10. The highest BCUT2D eigenvalue weighted by atomic mass is 79.9. The van der Waals surface area contributed by atoms with Gasteiger partial charge in [-0.3, -0.25) is 4.57 Å². The van der Waals surface area contributed by atoms with E-state index in [2.05, 4.69) is 20.9 Å². The molecule has 0 aliphatic heterocycles. The molecule has 4 nitrogen and oxygen atoms in total. The van der Waals surface area contributed by atoms with Crippen molar-refractivity contribution in [2.24, 2.45) is 0 Å². The monoisotopic (exact) mass is 440 g/mol. The number of hydrogen-bond acceptors (Lipinski definition) is 3. The summed E-state index contributed by atoms with van der Waals surface area (Å²) in [5, 5.41) is 1.33. The third-order valence-electron chi connectivity index (χ3n) is 3.69. The summed E-state index contributed by atoms with van der Waals surface area (Å²) in [6.07, 6.45) is -2.03. The minimum Gasteiger partial charge on any atom is -0.443 e. The summed E-state index contributed by atoms with van der Waals surface area (Å²) in [5.74, 6) is 0. The zero-order valence-electron chi connectivity index (χ0n) is 14.8. The molecule has 3 rings (SSSR count). The van der Waals surface area contributed by atoms with Crippen molar-refractivity contribution < 1.29 is 22.7 Å². The Balaban J connectivity index is 2.05. The van der Waals surface area contributed by atoms with Crippen LogP contribution in [0.4, 0.5) is 18.0 Å². The molecular formula is C19H16BrF3N2O2. The molecule has 0 aliphatic carbocycles. The smallest absolute Gasteiger partial charge is 0.434 e. The van der Waals surface area contributed by atoms with Crippen LogP contribution in [0.2, 0.25) is 0 Å². The molecule has 2 aromatic heterocycles. The van der Waals surface area contributed by atoms with E-state index in [1.165, 1.54) is 22.9 Å². The Bertz CT molecular complexity index is 1020. The van der Waals surface area contributed by atoms with Crippen molar-refractivity contribution in [3.05, 3.63) is 53.0 Å². The molecule has 0 atom stereocenters. The number of rotatable bonds is 1. The average Bonchev–Trinajstić information content (AvgIpc) is 2.95. The van der Waals surface area contributed by atoms with Gasteiger partial charge in [-0.2, -0.15) is 13.2 Å². The molecule has 27 heavy (non-hydrogen) atoms. The lowest BCUT2D eigenvalue weighted by Crippen LogP contribution is -2.26. The minimum atomic E-state index is -4.59. The van der Waals surface area contributed by atoms with Gasteiger partial charge in [0.2, 0.25) is 0 Å². The summed E-state index contributed by atoms with van der Waals surface area (Å²) in [5.41, 5.74) is -1.29. The predicted octanol–water partition coefficient (Wildman–Crippen LogP) is 6.27. The topological polar surface area (TPSA) is 44.1 Å². The van der Waals surface area contributed by atoms with Crippen LogP contribution in [-0.4, -0.2) is 21.2 Å². The second-order valence-electron chi connectivity index (χ2n) is 7.02. The highest BCUT2D eigenvalue weighted by Gasteiger charge is 2.36. The zero-order chi connectivity index (χ0) is 20.0. The van der Waals surface area contributed by atoms with Gasteiger partial charge in [-0.25, -0.2) is 9.78 Å². The number of halogens is 4. The van der Waals surface area contributed by atoms with Crippen LogP contribution in [-0.2, 0) is 10.9 Å². The molecule has 0 unspecified atom stereocenters. The van der Waals surface area contributed by atoms with Gasteiger partial charge in [-0.15, -0.1) is 0 Å². The number of nitrogens with zero attached hydrogens (tertiary/aromatic N) is 2. The summed E-state index contributed by atoms with van der Waals surface area (Å²) >= 11 is 2.98. The van der Waals surface area contributed by atoms with Gasteiger partial charge < -0.3 is 4.74 Å². The van der Waals surface area contributed by atoms with Crippen molar-refractivity contribution in [1.29, 1.82) is 0 Å². The lowest BCUT2D eigenvalue weighted by molar-refractivity contribution is -0.140. The van der Waals surface area contributed by atoms with Gasteiger partial charge in [0.1, 0.15) is 10.2 Å². The Morgan fingerprint density at radius 1 is 1.07 bits per heavy atom. The first kappa shape index (κ1) is 19.4. The van der Waals surface area contributed by atoms with E-state index in [0.717, 1.165) is 0 Å². The molecule has 0 amide bonds. The van der Waals surface area contributed by atoms with Gasteiger partial charge in [0.25, 0.3) is 0 Å². The summed E-state index contributed by atoms with van der Waals surface area (Å²) in [7, 11) is 0. The van der Waals surface area contributed by atoms with Crippen LogP contribution in [0.3, 0.4) is 0 Å². The first-order valence-corrected chi connectivity index (χ1v) is 8.82. The molecule has 3 aromatic rings. The molecule has 8 heteroatoms. The van der Waals surface area contributed by atoms with Crippen molar-refractivity contribution in [3.8, 4) is 11.1 Å². The number of hydrogen-bond donors (Lipinski definition) is 0. The molecule has 0 spiro atoms. The van der Waals surface area contributed by atoms with Crippen molar-refractivity contribution >= 4 is 32.8 Å². The van der Waals surface area contributed by atoms with Gasteiger partial charge in [0.15, 0.2) is 5.69 Å². The maximum absolute atomic E-state index is 13.3. The SMILES string of the molecule is CC(C)(C)OC(=O)n1cc2ccc(-c3ccc(Br)nc3C(F)(F)F)cc2c1. The van der Waals surface area contributed by atoms with Crippen LogP contribution < -0.4 is 0 Å². The molecule has 0 aliphatic rings. The Hall–Kier alpha value is -2.35. The van der Waals surface area contributed by atoms with Crippen LogP contribution in [0, 0.1) is 0 Å². The van der Waals surface area contributed by atoms with Crippen LogP contribution in [0.15, 0.2) is 47.3 Å². The maximum Gasteiger partial charge on any atom is 0.434 e. The molecule has 0 saturated carbocycles. The number of carbonyl (C=O) groups is 1. The first-order valence-electron chi connectivity index (χ1n) is 8.03. The van der Waals surface area contributed by atoms with Crippen molar-refractivity contribution in [2.75, 3.05) is 0 Å². The van der Waals surface area contributed by atoms with Gasteiger partial charge in [0.05, 0.1) is 0 Å². The fourth-order valence-electron chi connectivity index (χ4n) is 2.61. The number of fused-ring (bicyclic) bond motifs is 1. The minimum absolute atomic E-state index is 0.0300. The van der Waals surface area contributed by atoms with Gasteiger partial charge in [0, 0.05) is 28.7 Å². The lowest BCUT2D eigenvalue weighted by atomic mass is 10.0. The van der Waals surface area contributed by atoms with Crippen LogP contribution >= 0.6 is 15.9 Å². The second-order valence-corrected chi connectivity index (χ2v) is 7.83. The molecular weight excluding hydrogens is 425 g/mol. The molecule has 0 fully saturated rings. The lowest BCUT2D eigenvalue weighted by Gasteiger charge is -2.19. The number of ether oxygens (including phenoxy) is 1. The number of aromatic nitrogens is 2. The Morgan fingerprint density at radius 2 is 1.74 bits per heavy atom. The average molecular weight is 441 g/mol. The molecule has 0 saturated heterocycles. The molecule has 2 heterocycles. The normalized spacial score (nSPS) is 12.4. The Morgan fingerprint density at radius 3 is 2.37 bits per heavy atom. The summed E-state index contributed by atoms with van der Waals surface area (Å²) < 4.78 is 46.7. The van der Waals surface area contributed by atoms with Crippen LogP contribution in [0.1, 0.15) is 26.5 Å².